The van der Waals surface area contributed by atoms with Crippen LogP contribution in [0.25, 0.3) is 0 Å². The topological polar surface area (TPSA) is 69.2 Å². The molecule has 2 aromatic rings. The molecule has 2 aliphatic carbocycles. The number of carbonyl (C=O) groups excluding carboxylic acids is 1. The van der Waals surface area contributed by atoms with Crippen molar-refractivity contribution in [3.8, 4) is 0 Å². The summed E-state index contributed by atoms with van der Waals surface area (Å²) in [5, 5.41) is 18.8. The fourth-order valence-electron chi connectivity index (χ4n) is 4.99. The number of nitrogens with zero attached hydrogens (tertiary/aromatic N) is 2. The van der Waals surface area contributed by atoms with Crippen molar-refractivity contribution in [2.75, 3.05) is 13.1 Å². The molecule has 2 heterocycles. The van der Waals surface area contributed by atoms with E-state index in [4.69, 9.17) is 0 Å². The Balaban J connectivity index is 1.38. The minimum atomic E-state index is -0.829. The second-order valence-electron chi connectivity index (χ2n) is 8.24. The minimum Gasteiger partial charge on any atom is -0.385 e. The van der Waals surface area contributed by atoms with Crippen molar-refractivity contribution in [1.82, 2.24) is 15.1 Å². The molecule has 26 heavy (non-hydrogen) atoms. The van der Waals surface area contributed by atoms with Gasteiger partial charge in [0, 0.05) is 30.6 Å². The fourth-order valence-corrected chi connectivity index (χ4v) is 4.99. The highest BCUT2D eigenvalue weighted by Crippen LogP contribution is 2.48. The van der Waals surface area contributed by atoms with Gasteiger partial charge in [-0.2, -0.15) is 5.10 Å². The number of nitrogens with one attached hydrogen (secondary N) is 1. The van der Waals surface area contributed by atoms with Crippen molar-refractivity contribution in [2.45, 2.75) is 43.6 Å². The highest BCUT2D eigenvalue weighted by molar-refractivity contribution is 5.92. The highest BCUT2D eigenvalue weighted by Gasteiger charge is 2.50. The Labute approximate surface area is 153 Å². The maximum Gasteiger partial charge on any atom is 0.274 e. The molecule has 0 spiro atoms. The molecule has 1 amide bonds. The third-order valence-corrected chi connectivity index (χ3v) is 6.58. The molecular formula is C21H25N3O2. The van der Waals surface area contributed by atoms with Gasteiger partial charge in [-0.05, 0) is 49.7 Å². The minimum absolute atomic E-state index is 0.00189. The molecule has 1 aromatic carbocycles. The lowest BCUT2D eigenvalue weighted by Crippen LogP contribution is -2.42. The molecule has 0 radical (unpaired) electrons. The van der Waals surface area contributed by atoms with Crippen molar-refractivity contribution in [3.05, 3.63) is 53.3 Å². The Morgan fingerprint density at radius 2 is 2.00 bits per heavy atom. The van der Waals surface area contributed by atoms with E-state index in [0.717, 1.165) is 37.1 Å². The summed E-state index contributed by atoms with van der Waals surface area (Å²) in [7, 11) is 0. The summed E-state index contributed by atoms with van der Waals surface area (Å²) >= 11 is 0. The SMILES string of the molecule is O=C(c1cc(C2CC2)[nH]n1)N1C[C@@H]2CCC[C@@](O)(c3ccccc3)[C@@H]2C1. The monoisotopic (exact) mass is 351 g/mol. The lowest BCUT2D eigenvalue weighted by atomic mass is 9.67. The zero-order valence-corrected chi connectivity index (χ0v) is 14.9. The number of H-pyrrole nitrogens is 1. The van der Waals surface area contributed by atoms with Crippen LogP contribution in [0.2, 0.25) is 0 Å². The molecule has 0 bridgehead atoms. The highest BCUT2D eigenvalue weighted by atomic mass is 16.3. The number of aliphatic hydroxyl groups is 1. The van der Waals surface area contributed by atoms with E-state index in [9.17, 15) is 9.90 Å². The Hall–Kier alpha value is -2.14. The average Bonchev–Trinajstić information content (AvgIpc) is 3.23. The lowest BCUT2D eigenvalue weighted by molar-refractivity contribution is -0.0644. The van der Waals surface area contributed by atoms with Gasteiger partial charge in [0.15, 0.2) is 0 Å². The van der Waals surface area contributed by atoms with Gasteiger partial charge in [-0.25, -0.2) is 0 Å². The van der Waals surface area contributed by atoms with E-state index < -0.39 is 5.60 Å². The molecule has 5 heteroatoms. The largest absolute Gasteiger partial charge is 0.385 e. The summed E-state index contributed by atoms with van der Waals surface area (Å²) in [4.78, 5) is 14.9. The summed E-state index contributed by atoms with van der Waals surface area (Å²) in [5.41, 5.74) is 1.77. The first-order valence-corrected chi connectivity index (χ1v) is 9.77. The van der Waals surface area contributed by atoms with Crippen molar-refractivity contribution >= 4 is 5.91 Å². The molecule has 2 N–H and O–H groups in total. The van der Waals surface area contributed by atoms with Gasteiger partial charge in [-0.15, -0.1) is 0 Å². The number of likely N-dealkylation sites (tertiary alicyclic amines) is 1. The van der Waals surface area contributed by atoms with Crippen LogP contribution < -0.4 is 0 Å². The zero-order chi connectivity index (χ0) is 17.7. The molecule has 2 saturated carbocycles. The average molecular weight is 351 g/mol. The van der Waals surface area contributed by atoms with Gasteiger partial charge in [0.05, 0.1) is 5.60 Å². The smallest absolute Gasteiger partial charge is 0.274 e. The first-order chi connectivity index (χ1) is 12.6. The van der Waals surface area contributed by atoms with Gasteiger partial charge in [0.25, 0.3) is 5.91 Å². The number of hydrogen-bond donors (Lipinski definition) is 2. The Bertz CT molecular complexity index is 814. The molecule has 0 unspecified atom stereocenters. The van der Waals surface area contributed by atoms with Gasteiger partial charge < -0.3 is 10.0 Å². The van der Waals surface area contributed by atoms with Gasteiger partial charge in [-0.1, -0.05) is 30.3 Å². The number of carbonyl (C=O) groups is 1. The summed E-state index contributed by atoms with van der Waals surface area (Å²) in [5.74, 6) is 1.02. The molecule has 1 aromatic heterocycles. The van der Waals surface area contributed by atoms with E-state index in [2.05, 4.69) is 10.2 Å². The Kier molecular flexibility index (Phi) is 3.67. The predicted molar refractivity (Wildman–Crippen MR) is 97.6 cm³/mol. The van der Waals surface area contributed by atoms with Gasteiger partial charge >= 0.3 is 0 Å². The standard InChI is InChI=1S/C21H25N3O2/c25-20(19-11-18(22-23-19)14-8-9-14)24-12-15-5-4-10-21(26,17(15)13-24)16-6-2-1-3-7-16/h1-3,6-7,11,14-15,17,26H,4-5,8-10,12-13H2,(H,22,23)/t15-,17+,21+/m0/s1. The first-order valence-electron chi connectivity index (χ1n) is 9.77. The Morgan fingerprint density at radius 3 is 2.77 bits per heavy atom. The molecule has 136 valence electrons. The number of aromatic nitrogens is 2. The van der Waals surface area contributed by atoms with Crippen LogP contribution in [0.3, 0.4) is 0 Å². The van der Waals surface area contributed by atoms with E-state index in [1.807, 2.05) is 41.3 Å². The molecular weight excluding hydrogens is 326 g/mol. The first kappa shape index (κ1) is 16.1. The van der Waals surface area contributed by atoms with Crippen molar-refractivity contribution < 1.29 is 9.90 Å². The fraction of sp³-hybridized carbons (Fsp3) is 0.524. The summed E-state index contributed by atoms with van der Waals surface area (Å²) in [6, 6.07) is 11.9. The van der Waals surface area contributed by atoms with E-state index in [-0.39, 0.29) is 11.8 Å². The van der Waals surface area contributed by atoms with E-state index >= 15 is 0 Å². The van der Waals surface area contributed by atoms with Crippen LogP contribution >= 0.6 is 0 Å². The molecule has 3 atom stereocenters. The third-order valence-electron chi connectivity index (χ3n) is 6.58. The van der Waals surface area contributed by atoms with Crippen LogP contribution in [0.4, 0.5) is 0 Å². The number of rotatable bonds is 3. The molecule has 1 aliphatic heterocycles. The number of aromatic amines is 1. The molecule has 3 fully saturated rings. The van der Waals surface area contributed by atoms with E-state index in [1.165, 1.54) is 12.8 Å². The normalized spacial score (nSPS) is 31.0. The quantitative estimate of drug-likeness (QED) is 0.893. The number of hydrogen-bond acceptors (Lipinski definition) is 3. The third kappa shape index (κ3) is 2.57. The molecule has 3 aliphatic rings. The van der Waals surface area contributed by atoms with Crippen LogP contribution in [0.1, 0.15) is 59.8 Å². The number of fused-ring (bicyclic) bond motifs is 1. The van der Waals surface area contributed by atoms with Crippen LogP contribution in [-0.4, -0.2) is 39.2 Å². The molecule has 5 nitrogen and oxygen atoms in total. The number of amides is 1. The lowest BCUT2D eigenvalue weighted by Gasteiger charge is -2.41. The van der Waals surface area contributed by atoms with E-state index in [0.29, 0.717) is 24.1 Å². The van der Waals surface area contributed by atoms with E-state index in [1.54, 1.807) is 0 Å². The van der Waals surface area contributed by atoms with Crippen molar-refractivity contribution in [2.24, 2.45) is 11.8 Å². The summed E-state index contributed by atoms with van der Waals surface area (Å²) in [6.45, 7) is 1.34. The zero-order valence-electron chi connectivity index (χ0n) is 14.9. The second-order valence-corrected chi connectivity index (χ2v) is 8.24. The van der Waals surface area contributed by atoms with Crippen LogP contribution in [0.5, 0.6) is 0 Å². The Morgan fingerprint density at radius 1 is 1.19 bits per heavy atom. The van der Waals surface area contributed by atoms with Crippen molar-refractivity contribution in [1.29, 1.82) is 0 Å². The van der Waals surface area contributed by atoms with Gasteiger partial charge in [0.1, 0.15) is 5.69 Å². The molecule has 1 saturated heterocycles. The predicted octanol–water partition coefficient (Wildman–Crippen LogP) is 3.05. The van der Waals surface area contributed by atoms with Crippen LogP contribution in [0, 0.1) is 11.8 Å². The van der Waals surface area contributed by atoms with Crippen LogP contribution in [0.15, 0.2) is 36.4 Å². The maximum atomic E-state index is 13.0. The molecule has 5 rings (SSSR count). The van der Waals surface area contributed by atoms with Crippen molar-refractivity contribution in [3.63, 3.8) is 0 Å². The van der Waals surface area contributed by atoms with Gasteiger partial charge in [-0.3, -0.25) is 9.89 Å². The summed E-state index contributed by atoms with van der Waals surface area (Å²) < 4.78 is 0. The second kappa shape index (κ2) is 5.95. The summed E-state index contributed by atoms with van der Waals surface area (Å²) in [6.07, 6.45) is 5.23. The number of benzene rings is 1. The van der Waals surface area contributed by atoms with Gasteiger partial charge in [0.2, 0.25) is 0 Å². The maximum absolute atomic E-state index is 13.0. The van der Waals surface area contributed by atoms with Crippen LogP contribution in [-0.2, 0) is 5.60 Å².